The van der Waals surface area contributed by atoms with Crippen molar-refractivity contribution < 1.29 is 4.79 Å². The number of aromatic nitrogens is 1. The molecule has 0 N–H and O–H groups in total. The Kier molecular flexibility index (Phi) is 4.57. The van der Waals surface area contributed by atoms with E-state index in [9.17, 15) is 4.79 Å². The van der Waals surface area contributed by atoms with Crippen LogP contribution >= 0.6 is 0 Å². The van der Waals surface area contributed by atoms with E-state index in [-0.39, 0.29) is 5.91 Å². The first-order chi connectivity index (χ1) is 14.2. The molecule has 2 aliphatic rings. The second-order valence-corrected chi connectivity index (χ2v) is 8.00. The van der Waals surface area contributed by atoms with E-state index >= 15 is 0 Å². The lowest BCUT2D eigenvalue weighted by Crippen LogP contribution is -2.42. The van der Waals surface area contributed by atoms with Gasteiger partial charge in [0.05, 0.1) is 17.1 Å². The summed E-state index contributed by atoms with van der Waals surface area (Å²) in [4.78, 5) is 17.4. The Bertz CT molecular complexity index is 1120. The molecule has 1 aromatic heterocycles. The molecule has 0 aliphatic carbocycles. The number of likely N-dealkylation sites (tertiary alicyclic amines) is 1. The van der Waals surface area contributed by atoms with Crippen molar-refractivity contribution >= 4 is 16.8 Å². The fourth-order valence-electron chi connectivity index (χ4n) is 4.59. The molecule has 29 heavy (non-hydrogen) atoms. The third-order valence-corrected chi connectivity index (χ3v) is 6.24. The van der Waals surface area contributed by atoms with E-state index in [0.29, 0.717) is 5.56 Å². The van der Waals surface area contributed by atoms with Crippen LogP contribution in [0.3, 0.4) is 0 Å². The van der Waals surface area contributed by atoms with Crippen molar-refractivity contribution in [2.75, 3.05) is 32.7 Å². The molecule has 0 spiro atoms. The third kappa shape index (κ3) is 3.30. The van der Waals surface area contributed by atoms with Gasteiger partial charge in [0.2, 0.25) is 0 Å². The highest BCUT2D eigenvalue weighted by Gasteiger charge is 2.25. The number of nitriles is 1. The molecule has 3 heterocycles. The number of benzene rings is 2. The zero-order valence-corrected chi connectivity index (χ0v) is 16.5. The van der Waals surface area contributed by atoms with Crippen molar-refractivity contribution in [3.63, 3.8) is 0 Å². The van der Waals surface area contributed by atoms with E-state index in [1.807, 2.05) is 47.5 Å². The van der Waals surface area contributed by atoms with Gasteiger partial charge in [-0.15, -0.1) is 0 Å². The molecule has 0 atom stereocenters. The Balaban J connectivity index is 1.38. The number of hydrogen-bond acceptors (Lipinski definition) is 3. The molecule has 1 amide bonds. The Morgan fingerprint density at radius 1 is 0.966 bits per heavy atom. The zero-order chi connectivity index (χ0) is 19.8. The van der Waals surface area contributed by atoms with Crippen LogP contribution < -0.4 is 0 Å². The lowest BCUT2D eigenvalue weighted by Gasteiger charge is -2.30. The van der Waals surface area contributed by atoms with Gasteiger partial charge in [0.25, 0.3) is 5.91 Å². The molecular weight excluding hydrogens is 360 g/mol. The maximum Gasteiger partial charge on any atom is 0.254 e. The van der Waals surface area contributed by atoms with Crippen molar-refractivity contribution in [1.29, 1.82) is 5.26 Å². The summed E-state index contributed by atoms with van der Waals surface area (Å²) in [6.45, 7) is 4.94. The van der Waals surface area contributed by atoms with Gasteiger partial charge in [-0.2, -0.15) is 5.26 Å². The van der Waals surface area contributed by atoms with Gasteiger partial charge >= 0.3 is 0 Å². The van der Waals surface area contributed by atoms with E-state index in [4.69, 9.17) is 5.26 Å². The SMILES string of the molecule is N#Cc1ccc2c(ccn2-c2ccc3c(c2)CCN(CCN2CCCC2)C3=O)c1. The van der Waals surface area contributed by atoms with Crippen LogP contribution in [0.4, 0.5) is 0 Å². The fourth-order valence-corrected chi connectivity index (χ4v) is 4.59. The molecule has 2 aliphatic heterocycles. The minimum absolute atomic E-state index is 0.160. The van der Waals surface area contributed by atoms with Crippen molar-refractivity contribution in [2.24, 2.45) is 0 Å². The van der Waals surface area contributed by atoms with Crippen LogP contribution in [0.25, 0.3) is 16.6 Å². The van der Waals surface area contributed by atoms with Gasteiger partial charge in [0.15, 0.2) is 0 Å². The molecule has 0 saturated carbocycles. The molecule has 0 unspecified atom stereocenters. The molecule has 1 fully saturated rings. The molecule has 0 bridgehead atoms. The van der Waals surface area contributed by atoms with Crippen LogP contribution in [-0.4, -0.2) is 53.0 Å². The van der Waals surface area contributed by atoms with E-state index < -0.39 is 0 Å². The van der Waals surface area contributed by atoms with Gasteiger partial charge in [-0.05, 0) is 80.4 Å². The summed E-state index contributed by atoms with van der Waals surface area (Å²) in [5.41, 5.74) is 4.76. The topological polar surface area (TPSA) is 52.3 Å². The minimum Gasteiger partial charge on any atom is -0.337 e. The highest BCUT2D eigenvalue weighted by molar-refractivity contribution is 5.97. The van der Waals surface area contributed by atoms with Crippen molar-refractivity contribution in [2.45, 2.75) is 19.3 Å². The highest BCUT2D eigenvalue weighted by Crippen LogP contribution is 2.26. The Morgan fingerprint density at radius 3 is 2.66 bits per heavy atom. The summed E-state index contributed by atoms with van der Waals surface area (Å²) in [6, 6.07) is 16.1. The van der Waals surface area contributed by atoms with Crippen molar-refractivity contribution in [1.82, 2.24) is 14.4 Å². The lowest BCUT2D eigenvalue weighted by molar-refractivity contribution is 0.0724. The molecule has 2 aromatic carbocycles. The predicted octanol–water partition coefficient (Wildman–Crippen LogP) is 3.60. The number of fused-ring (bicyclic) bond motifs is 2. The van der Waals surface area contributed by atoms with Crippen LogP contribution in [-0.2, 0) is 6.42 Å². The smallest absolute Gasteiger partial charge is 0.254 e. The van der Waals surface area contributed by atoms with Gasteiger partial charge in [-0.1, -0.05) is 0 Å². The second kappa shape index (κ2) is 7.38. The predicted molar refractivity (Wildman–Crippen MR) is 113 cm³/mol. The van der Waals surface area contributed by atoms with Crippen LogP contribution in [0, 0.1) is 11.3 Å². The Hall–Kier alpha value is -3.10. The van der Waals surface area contributed by atoms with Gasteiger partial charge in [0, 0.05) is 42.5 Å². The van der Waals surface area contributed by atoms with Crippen molar-refractivity contribution in [3.05, 3.63) is 65.4 Å². The minimum atomic E-state index is 0.160. The molecule has 3 aromatic rings. The number of nitrogens with zero attached hydrogens (tertiary/aromatic N) is 4. The number of rotatable bonds is 4. The number of carbonyl (C=O) groups excluding carboxylic acids is 1. The Morgan fingerprint density at radius 2 is 1.83 bits per heavy atom. The summed E-state index contributed by atoms with van der Waals surface area (Å²) >= 11 is 0. The summed E-state index contributed by atoms with van der Waals surface area (Å²) in [5.74, 6) is 0.160. The first-order valence-electron chi connectivity index (χ1n) is 10.4. The largest absolute Gasteiger partial charge is 0.337 e. The van der Waals surface area contributed by atoms with E-state index in [0.717, 1.165) is 53.8 Å². The standard InChI is InChI=1S/C24H24N4O/c25-17-18-3-6-23-20(15-18)8-12-28(23)21-4-5-22-19(16-21)7-11-27(24(22)29)14-13-26-9-1-2-10-26/h3-6,8,12,15-16H,1-2,7,9-11,13-14H2. The van der Waals surface area contributed by atoms with Gasteiger partial charge in [0.1, 0.15) is 0 Å². The molecule has 0 radical (unpaired) electrons. The number of hydrogen-bond donors (Lipinski definition) is 0. The van der Waals surface area contributed by atoms with Crippen LogP contribution in [0.1, 0.15) is 34.3 Å². The first kappa shape index (κ1) is 18.0. The van der Waals surface area contributed by atoms with Crippen LogP contribution in [0.15, 0.2) is 48.7 Å². The normalized spacial score (nSPS) is 16.9. The maximum atomic E-state index is 13.0. The molecular formula is C24H24N4O. The fraction of sp³-hybridized carbons (Fsp3) is 0.333. The number of carbonyl (C=O) groups is 1. The second-order valence-electron chi connectivity index (χ2n) is 8.00. The average Bonchev–Trinajstić information content (AvgIpc) is 3.42. The average molecular weight is 384 g/mol. The van der Waals surface area contributed by atoms with Crippen molar-refractivity contribution in [3.8, 4) is 11.8 Å². The Labute approximate surface area is 170 Å². The molecule has 5 rings (SSSR count). The summed E-state index contributed by atoms with van der Waals surface area (Å²) < 4.78 is 2.13. The monoisotopic (exact) mass is 384 g/mol. The molecule has 146 valence electrons. The first-order valence-corrected chi connectivity index (χ1v) is 10.4. The summed E-state index contributed by atoms with van der Waals surface area (Å²) in [6.07, 6.45) is 5.49. The third-order valence-electron chi connectivity index (χ3n) is 6.24. The highest BCUT2D eigenvalue weighted by atomic mass is 16.2. The molecule has 1 saturated heterocycles. The summed E-state index contributed by atoms with van der Waals surface area (Å²) in [7, 11) is 0. The van der Waals surface area contributed by atoms with Crippen LogP contribution in [0.2, 0.25) is 0 Å². The van der Waals surface area contributed by atoms with Crippen LogP contribution in [0.5, 0.6) is 0 Å². The van der Waals surface area contributed by atoms with E-state index in [1.54, 1.807) is 0 Å². The molecule has 5 nitrogen and oxygen atoms in total. The lowest BCUT2D eigenvalue weighted by atomic mass is 9.98. The maximum absolute atomic E-state index is 13.0. The van der Waals surface area contributed by atoms with E-state index in [1.165, 1.54) is 25.9 Å². The summed E-state index contributed by atoms with van der Waals surface area (Å²) in [5, 5.41) is 10.2. The van der Waals surface area contributed by atoms with Gasteiger partial charge in [-0.3, -0.25) is 4.79 Å². The zero-order valence-electron chi connectivity index (χ0n) is 16.5. The molecule has 5 heteroatoms. The van der Waals surface area contributed by atoms with Gasteiger partial charge < -0.3 is 14.4 Å². The number of amides is 1. The quantitative estimate of drug-likeness (QED) is 0.691. The van der Waals surface area contributed by atoms with E-state index in [2.05, 4.69) is 21.6 Å². The van der Waals surface area contributed by atoms with Gasteiger partial charge in [-0.25, -0.2) is 0 Å².